The summed E-state index contributed by atoms with van der Waals surface area (Å²) < 4.78 is 10.8. The van der Waals surface area contributed by atoms with Crippen molar-refractivity contribution in [2.45, 2.75) is 78.4 Å². The molecule has 0 aliphatic carbocycles. The van der Waals surface area contributed by atoms with Crippen molar-refractivity contribution in [2.75, 3.05) is 13.1 Å². The maximum atomic E-state index is 13.5. The molecule has 9 heteroatoms. The molecule has 0 spiro atoms. The summed E-state index contributed by atoms with van der Waals surface area (Å²) >= 11 is 0. The van der Waals surface area contributed by atoms with E-state index in [1.54, 1.807) is 4.90 Å². The molecule has 0 bridgehead atoms. The second-order valence-corrected chi connectivity index (χ2v) is 11.7. The van der Waals surface area contributed by atoms with Gasteiger partial charge >= 0.3 is 12.2 Å². The van der Waals surface area contributed by atoms with E-state index in [2.05, 4.69) is 24.5 Å². The van der Waals surface area contributed by atoms with Gasteiger partial charge in [-0.2, -0.15) is 0 Å². The van der Waals surface area contributed by atoms with Crippen LogP contribution in [0.5, 0.6) is 0 Å². The first kappa shape index (κ1) is 31.9. The number of β-amino-alcohol motifs (C(OH)–C–C–N with tert-alkyl or cyclic N) is 1. The number of carbonyl (C=O) groups excluding carboxylic acids is 3. The van der Waals surface area contributed by atoms with Gasteiger partial charge in [0.1, 0.15) is 19.3 Å². The maximum Gasteiger partial charge on any atom is 0.408 e. The number of aliphatic hydroxyl groups is 1. The molecule has 1 saturated heterocycles. The van der Waals surface area contributed by atoms with E-state index in [0.717, 1.165) is 11.1 Å². The number of nitrogens with zero attached hydrogens (tertiary/aromatic N) is 1. The Morgan fingerprint density at radius 1 is 0.805 bits per heavy atom. The monoisotopic (exact) mass is 567 g/mol. The maximum absolute atomic E-state index is 13.5. The third-order valence-electron chi connectivity index (χ3n) is 7.11. The molecule has 1 aliphatic rings. The highest BCUT2D eigenvalue weighted by Crippen LogP contribution is 2.25. The normalized spacial score (nSPS) is 18.2. The van der Waals surface area contributed by atoms with Gasteiger partial charge in [0.2, 0.25) is 5.91 Å². The number of aliphatic hydroxyl groups excluding tert-OH is 1. The van der Waals surface area contributed by atoms with Gasteiger partial charge in [0.15, 0.2) is 0 Å². The Kier molecular flexibility index (Phi) is 12.5. The third kappa shape index (κ3) is 11.1. The van der Waals surface area contributed by atoms with Gasteiger partial charge in [-0.15, -0.1) is 0 Å². The Labute approximate surface area is 243 Å². The molecular formula is C32H45N3O6. The minimum atomic E-state index is -0.762. The molecule has 4 atom stereocenters. The van der Waals surface area contributed by atoms with E-state index in [4.69, 9.17) is 9.47 Å². The van der Waals surface area contributed by atoms with Crippen LogP contribution in [0.4, 0.5) is 9.59 Å². The molecule has 2 aromatic carbocycles. The Morgan fingerprint density at radius 3 is 1.83 bits per heavy atom. The predicted octanol–water partition coefficient (Wildman–Crippen LogP) is 4.88. The Morgan fingerprint density at radius 2 is 1.32 bits per heavy atom. The van der Waals surface area contributed by atoms with Crippen LogP contribution in [0.1, 0.15) is 58.1 Å². The van der Waals surface area contributed by atoms with Gasteiger partial charge in [-0.1, -0.05) is 88.4 Å². The lowest BCUT2D eigenvalue weighted by atomic mass is 9.92. The van der Waals surface area contributed by atoms with Crippen molar-refractivity contribution >= 4 is 18.1 Å². The number of amides is 3. The second kappa shape index (κ2) is 16.0. The molecule has 9 nitrogen and oxygen atoms in total. The predicted molar refractivity (Wildman–Crippen MR) is 157 cm³/mol. The van der Waals surface area contributed by atoms with Gasteiger partial charge in [-0.05, 0) is 42.2 Å². The largest absolute Gasteiger partial charge is 0.445 e. The van der Waals surface area contributed by atoms with Gasteiger partial charge < -0.3 is 30.1 Å². The lowest BCUT2D eigenvalue weighted by Crippen LogP contribution is -2.49. The lowest BCUT2D eigenvalue weighted by Gasteiger charge is -2.26. The van der Waals surface area contributed by atoms with Crippen LogP contribution in [0.3, 0.4) is 0 Å². The van der Waals surface area contributed by atoms with Crippen molar-refractivity contribution in [3.8, 4) is 0 Å². The van der Waals surface area contributed by atoms with E-state index < -0.39 is 24.3 Å². The van der Waals surface area contributed by atoms with E-state index in [0.29, 0.717) is 31.7 Å². The van der Waals surface area contributed by atoms with Crippen molar-refractivity contribution in [2.24, 2.45) is 17.8 Å². The van der Waals surface area contributed by atoms with Crippen molar-refractivity contribution in [3.63, 3.8) is 0 Å². The van der Waals surface area contributed by atoms with E-state index in [-0.39, 0.29) is 43.5 Å². The van der Waals surface area contributed by atoms with Crippen LogP contribution >= 0.6 is 0 Å². The molecule has 1 fully saturated rings. The fourth-order valence-corrected chi connectivity index (χ4v) is 5.17. The number of likely N-dealkylation sites (tertiary alicyclic amines) is 1. The molecule has 0 saturated carbocycles. The van der Waals surface area contributed by atoms with E-state index in [1.165, 1.54) is 0 Å². The average Bonchev–Trinajstić information content (AvgIpc) is 3.30. The summed E-state index contributed by atoms with van der Waals surface area (Å²) in [5, 5.41) is 16.6. The molecule has 224 valence electrons. The highest BCUT2D eigenvalue weighted by atomic mass is 16.6. The van der Waals surface area contributed by atoms with Crippen LogP contribution in [-0.4, -0.2) is 59.4 Å². The standard InChI is InChI=1S/C32H45N3O6/c1-22(2)15-27(33-31(38)40-20-24-11-7-5-8-12-24)17-26-18-35(19-29(26)36)30(37)28(16-23(3)4)34-32(39)41-21-25-13-9-6-10-14-25/h5-14,22-23,26-29,36H,15-21H2,1-4H3,(H,33,38)(H,34,39)/t26?,27-,28-,29?/m0/s1. The van der Waals surface area contributed by atoms with Crippen molar-refractivity contribution < 1.29 is 29.0 Å². The van der Waals surface area contributed by atoms with Crippen LogP contribution in [0.25, 0.3) is 0 Å². The Bertz CT molecular complexity index is 1100. The van der Waals surface area contributed by atoms with Crippen molar-refractivity contribution in [1.29, 1.82) is 0 Å². The zero-order valence-electron chi connectivity index (χ0n) is 24.6. The van der Waals surface area contributed by atoms with Crippen LogP contribution in [0, 0.1) is 17.8 Å². The minimum absolute atomic E-state index is 0.109. The molecule has 0 radical (unpaired) electrons. The van der Waals surface area contributed by atoms with Crippen LogP contribution in [0.15, 0.2) is 60.7 Å². The minimum Gasteiger partial charge on any atom is -0.445 e. The number of nitrogens with one attached hydrogen (secondary N) is 2. The molecule has 3 amide bonds. The summed E-state index contributed by atoms with van der Waals surface area (Å²) in [7, 11) is 0. The van der Waals surface area contributed by atoms with Crippen molar-refractivity contribution in [3.05, 3.63) is 71.8 Å². The average molecular weight is 568 g/mol. The molecule has 2 unspecified atom stereocenters. The number of rotatable bonds is 13. The lowest BCUT2D eigenvalue weighted by molar-refractivity contribution is -0.133. The number of hydrogen-bond acceptors (Lipinski definition) is 6. The molecule has 2 aromatic rings. The highest BCUT2D eigenvalue weighted by Gasteiger charge is 2.38. The Hall–Kier alpha value is -3.59. The van der Waals surface area contributed by atoms with Crippen LogP contribution in [0.2, 0.25) is 0 Å². The summed E-state index contributed by atoms with van der Waals surface area (Å²) in [4.78, 5) is 40.2. The van der Waals surface area contributed by atoms with Gasteiger partial charge in [0, 0.05) is 25.0 Å². The first-order valence-electron chi connectivity index (χ1n) is 14.5. The number of carbonyl (C=O) groups is 3. The van der Waals surface area contributed by atoms with E-state index in [1.807, 2.05) is 74.5 Å². The molecule has 1 heterocycles. The summed E-state index contributed by atoms with van der Waals surface area (Å²) in [5.74, 6) is 0.00449. The number of ether oxygens (including phenoxy) is 2. The van der Waals surface area contributed by atoms with Gasteiger partial charge in [-0.25, -0.2) is 9.59 Å². The quantitative estimate of drug-likeness (QED) is 0.318. The van der Waals surface area contributed by atoms with Crippen molar-refractivity contribution in [1.82, 2.24) is 15.5 Å². The van der Waals surface area contributed by atoms with Gasteiger partial charge in [0.25, 0.3) is 0 Å². The molecular weight excluding hydrogens is 522 g/mol. The zero-order chi connectivity index (χ0) is 29.8. The smallest absolute Gasteiger partial charge is 0.408 e. The Balaban J connectivity index is 1.56. The molecule has 3 rings (SSSR count). The van der Waals surface area contributed by atoms with Gasteiger partial charge in [0.05, 0.1) is 6.10 Å². The molecule has 3 N–H and O–H groups in total. The van der Waals surface area contributed by atoms with Gasteiger partial charge in [-0.3, -0.25) is 4.79 Å². The molecule has 41 heavy (non-hydrogen) atoms. The van der Waals surface area contributed by atoms with Crippen LogP contribution < -0.4 is 10.6 Å². The first-order chi connectivity index (χ1) is 19.6. The topological polar surface area (TPSA) is 117 Å². The fourth-order valence-electron chi connectivity index (χ4n) is 5.17. The highest BCUT2D eigenvalue weighted by molar-refractivity contribution is 5.86. The third-order valence-corrected chi connectivity index (χ3v) is 7.11. The number of benzene rings is 2. The SMILES string of the molecule is CC(C)C[C@@H](CC1CN(C(=O)[C@H](CC(C)C)NC(=O)OCc2ccccc2)CC1O)NC(=O)OCc1ccccc1. The molecule has 1 aliphatic heterocycles. The fraction of sp³-hybridized carbons (Fsp3) is 0.531. The second-order valence-electron chi connectivity index (χ2n) is 11.7. The zero-order valence-corrected chi connectivity index (χ0v) is 24.6. The first-order valence-corrected chi connectivity index (χ1v) is 14.5. The van der Waals surface area contributed by atoms with E-state index >= 15 is 0 Å². The number of alkyl carbamates (subject to hydrolysis) is 2. The summed E-state index contributed by atoms with van der Waals surface area (Å²) in [6.45, 7) is 8.91. The summed E-state index contributed by atoms with van der Waals surface area (Å²) in [6, 6.07) is 17.8. The molecule has 0 aromatic heterocycles. The van der Waals surface area contributed by atoms with E-state index in [9.17, 15) is 19.5 Å². The summed E-state index contributed by atoms with van der Waals surface area (Å²) in [5.41, 5.74) is 1.75. The van der Waals surface area contributed by atoms with Crippen LogP contribution in [-0.2, 0) is 27.5 Å². The summed E-state index contributed by atoms with van der Waals surface area (Å²) in [6.07, 6.45) is -0.232. The number of hydrogen-bond donors (Lipinski definition) is 3.